The zero-order chi connectivity index (χ0) is 17.4. The smallest absolute Gasteiger partial charge is 0.343 e. The van der Waals surface area contributed by atoms with E-state index in [4.69, 9.17) is 14.2 Å². The Morgan fingerprint density at radius 1 is 1.16 bits per heavy atom. The van der Waals surface area contributed by atoms with E-state index in [0.717, 1.165) is 0 Å². The van der Waals surface area contributed by atoms with Crippen molar-refractivity contribution in [3.63, 3.8) is 0 Å². The third-order valence-corrected chi connectivity index (χ3v) is 4.74. The number of carbonyl (C=O) groups excluding carboxylic acids is 1. The van der Waals surface area contributed by atoms with Crippen LogP contribution in [0.4, 0.5) is 0 Å². The van der Waals surface area contributed by atoms with E-state index in [2.05, 4.69) is 0 Å². The normalized spacial score (nSPS) is 30.4. The van der Waals surface area contributed by atoms with E-state index in [0.29, 0.717) is 16.9 Å². The summed E-state index contributed by atoms with van der Waals surface area (Å²) in [4.78, 5) is 12.3. The Balaban J connectivity index is 1.62. The summed E-state index contributed by atoms with van der Waals surface area (Å²) in [5, 5.41) is 19.9. The Labute approximate surface area is 144 Å². The van der Waals surface area contributed by atoms with Crippen LogP contribution in [0.25, 0.3) is 0 Å². The minimum atomic E-state index is -1.12. The minimum Gasteiger partial charge on any atom is -0.423 e. The van der Waals surface area contributed by atoms with E-state index in [9.17, 15) is 15.0 Å². The van der Waals surface area contributed by atoms with Gasteiger partial charge in [-0.05, 0) is 18.2 Å². The molecule has 130 valence electrons. The molecule has 2 fully saturated rings. The molecule has 2 bridgehead atoms. The third-order valence-electron chi connectivity index (χ3n) is 4.74. The molecule has 0 radical (unpaired) electrons. The molecule has 6 nitrogen and oxygen atoms in total. The minimum absolute atomic E-state index is 0.137. The van der Waals surface area contributed by atoms with Gasteiger partial charge in [-0.1, -0.05) is 36.4 Å². The predicted molar refractivity (Wildman–Crippen MR) is 87.2 cm³/mol. The Hall–Kier alpha value is -2.25. The van der Waals surface area contributed by atoms with Gasteiger partial charge in [0.15, 0.2) is 0 Å². The topological polar surface area (TPSA) is 85.2 Å². The fraction of sp³-hybridized carbons (Fsp3) is 0.316. The highest BCUT2D eigenvalue weighted by atomic mass is 16.6. The highest BCUT2D eigenvalue weighted by Gasteiger charge is 2.61. The van der Waals surface area contributed by atoms with E-state index in [-0.39, 0.29) is 13.2 Å². The molecule has 25 heavy (non-hydrogen) atoms. The summed E-state index contributed by atoms with van der Waals surface area (Å²) in [7, 11) is 0. The molecule has 2 aliphatic rings. The first-order valence-corrected chi connectivity index (χ1v) is 8.09. The Morgan fingerprint density at radius 3 is 2.60 bits per heavy atom. The fourth-order valence-corrected chi connectivity index (χ4v) is 3.35. The van der Waals surface area contributed by atoms with Crippen molar-refractivity contribution in [1.82, 2.24) is 0 Å². The lowest BCUT2D eigenvalue weighted by Crippen LogP contribution is -2.43. The van der Waals surface area contributed by atoms with Crippen LogP contribution in [-0.4, -0.2) is 47.2 Å². The maximum atomic E-state index is 12.3. The average molecular weight is 342 g/mol. The molecule has 2 aromatic rings. The van der Waals surface area contributed by atoms with Crippen molar-refractivity contribution in [2.45, 2.75) is 23.9 Å². The first kappa shape index (κ1) is 16.2. The van der Waals surface area contributed by atoms with E-state index in [1.54, 1.807) is 48.5 Å². The highest BCUT2D eigenvalue weighted by Crippen LogP contribution is 2.48. The van der Waals surface area contributed by atoms with Crippen molar-refractivity contribution in [3.8, 4) is 5.75 Å². The van der Waals surface area contributed by atoms with Crippen LogP contribution in [0.3, 0.4) is 0 Å². The molecule has 0 aromatic heterocycles. The molecule has 6 heteroatoms. The molecule has 4 rings (SSSR count). The van der Waals surface area contributed by atoms with E-state index < -0.39 is 29.9 Å². The van der Waals surface area contributed by atoms with Gasteiger partial charge in [-0.3, -0.25) is 0 Å². The summed E-state index contributed by atoms with van der Waals surface area (Å²) in [5.41, 5.74) is -0.0774. The first-order chi connectivity index (χ1) is 12.1. The van der Waals surface area contributed by atoms with Gasteiger partial charge in [0.1, 0.15) is 29.7 Å². The molecule has 0 spiro atoms. The molecule has 2 aliphatic heterocycles. The van der Waals surface area contributed by atoms with Crippen molar-refractivity contribution in [2.75, 3.05) is 13.2 Å². The van der Waals surface area contributed by atoms with Crippen molar-refractivity contribution >= 4 is 5.97 Å². The number of para-hydroxylation sites is 1. The predicted octanol–water partition coefficient (Wildman–Crippen LogP) is 1.47. The van der Waals surface area contributed by atoms with Crippen molar-refractivity contribution in [1.29, 1.82) is 0 Å². The van der Waals surface area contributed by atoms with Crippen LogP contribution in [-0.2, 0) is 9.47 Å². The van der Waals surface area contributed by atoms with Crippen LogP contribution >= 0.6 is 0 Å². The van der Waals surface area contributed by atoms with Gasteiger partial charge >= 0.3 is 5.97 Å². The number of benzene rings is 2. The maximum Gasteiger partial charge on any atom is 0.343 e. The molecule has 2 aromatic carbocycles. The standard InChI is InChI=1S/C19H18O6/c20-10-19-11-23-16(17(19)21)15(25-19)13-8-4-5-9-14(13)24-18(22)12-6-2-1-3-7-12/h1-9,15-17,20-21H,10-11H2/t15-,16-,17-,19-/m0/s1. The Morgan fingerprint density at radius 2 is 1.88 bits per heavy atom. The summed E-state index contributed by atoms with van der Waals surface area (Å²) >= 11 is 0. The summed E-state index contributed by atoms with van der Waals surface area (Å²) in [6.45, 7) is -0.203. The largest absolute Gasteiger partial charge is 0.423 e. The quantitative estimate of drug-likeness (QED) is 0.646. The number of hydrogen-bond donors (Lipinski definition) is 2. The summed E-state index contributed by atoms with van der Waals surface area (Å²) < 4.78 is 17.0. The number of ether oxygens (including phenoxy) is 3. The third kappa shape index (κ3) is 2.63. The van der Waals surface area contributed by atoms with E-state index in [1.807, 2.05) is 6.07 Å². The van der Waals surface area contributed by atoms with Crippen molar-refractivity contribution in [3.05, 3.63) is 65.7 Å². The lowest BCUT2D eigenvalue weighted by Gasteiger charge is -2.29. The number of hydrogen-bond acceptors (Lipinski definition) is 6. The van der Waals surface area contributed by atoms with Crippen molar-refractivity contribution < 1.29 is 29.2 Å². The molecule has 2 saturated heterocycles. The second-order valence-corrected chi connectivity index (χ2v) is 6.28. The van der Waals surface area contributed by atoms with Gasteiger partial charge in [-0.25, -0.2) is 4.79 Å². The fourth-order valence-electron chi connectivity index (χ4n) is 3.35. The summed E-state index contributed by atoms with van der Waals surface area (Å²) in [6.07, 6.45) is -2.15. The number of esters is 1. The molecular weight excluding hydrogens is 324 g/mol. The molecule has 0 aliphatic carbocycles. The van der Waals surface area contributed by atoms with E-state index >= 15 is 0 Å². The second kappa shape index (κ2) is 6.24. The number of aliphatic hydroxyl groups excluding tert-OH is 2. The highest BCUT2D eigenvalue weighted by molar-refractivity contribution is 5.91. The van der Waals surface area contributed by atoms with Crippen LogP contribution in [0, 0.1) is 0 Å². The molecule has 2 heterocycles. The molecule has 0 amide bonds. The summed E-state index contributed by atoms with van der Waals surface area (Å²) in [5.74, 6) is -0.132. The lowest BCUT2D eigenvalue weighted by atomic mass is 9.97. The van der Waals surface area contributed by atoms with Gasteiger partial charge in [0.2, 0.25) is 0 Å². The van der Waals surface area contributed by atoms with Gasteiger partial charge < -0.3 is 24.4 Å². The molecule has 4 atom stereocenters. The molecular formula is C19H18O6. The van der Waals surface area contributed by atoms with E-state index in [1.165, 1.54) is 0 Å². The number of fused-ring (bicyclic) bond motifs is 2. The number of rotatable bonds is 4. The molecule has 2 N–H and O–H groups in total. The Bertz CT molecular complexity index is 776. The van der Waals surface area contributed by atoms with Crippen molar-refractivity contribution in [2.24, 2.45) is 0 Å². The summed E-state index contributed by atoms with van der Waals surface area (Å²) in [6, 6.07) is 15.7. The van der Waals surface area contributed by atoms with Crippen LogP contribution in [0.1, 0.15) is 22.0 Å². The van der Waals surface area contributed by atoms with Gasteiger partial charge in [0.05, 0.1) is 18.8 Å². The van der Waals surface area contributed by atoms with Crippen LogP contribution in [0.5, 0.6) is 5.75 Å². The zero-order valence-corrected chi connectivity index (χ0v) is 13.4. The van der Waals surface area contributed by atoms with Gasteiger partial charge in [0.25, 0.3) is 0 Å². The zero-order valence-electron chi connectivity index (χ0n) is 13.4. The monoisotopic (exact) mass is 342 g/mol. The number of carbonyl (C=O) groups is 1. The lowest BCUT2D eigenvalue weighted by molar-refractivity contribution is -0.163. The first-order valence-electron chi connectivity index (χ1n) is 8.09. The Kier molecular flexibility index (Phi) is 4.05. The molecule has 0 saturated carbocycles. The van der Waals surface area contributed by atoms with Gasteiger partial charge in [0, 0.05) is 5.56 Å². The SMILES string of the molecule is O=C(Oc1ccccc1[C@@H]1O[C@@]2(CO)CO[C@@H]1[C@@H]2O)c1ccccc1. The average Bonchev–Trinajstić information content (AvgIpc) is 3.13. The van der Waals surface area contributed by atoms with Gasteiger partial charge in [-0.2, -0.15) is 0 Å². The van der Waals surface area contributed by atoms with Crippen LogP contribution in [0.2, 0.25) is 0 Å². The second-order valence-electron chi connectivity index (χ2n) is 6.28. The van der Waals surface area contributed by atoms with Crippen LogP contribution < -0.4 is 4.74 Å². The molecule has 0 unspecified atom stereocenters. The van der Waals surface area contributed by atoms with Crippen LogP contribution in [0.15, 0.2) is 54.6 Å². The number of aliphatic hydroxyl groups is 2. The maximum absolute atomic E-state index is 12.3. The van der Waals surface area contributed by atoms with Gasteiger partial charge in [-0.15, -0.1) is 0 Å².